The summed E-state index contributed by atoms with van der Waals surface area (Å²) in [4.78, 5) is 297. The fourth-order valence-electron chi connectivity index (χ4n) is 16.0. The molecule has 0 radical (unpaired) electrons. The summed E-state index contributed by atoms with van der Waals surface area (Å²) in [6, 6.07) is 1.13. The number of H-pyrrole nitrogens is 1. The Bertz CT molecular complexity index is 5150. The van der Waals surface area contributed by atoms with Crippen molar-refractivity contribution < 1.29 is 117 Å². The number of aromatic amines is 1. The van der Waals surface area contributed by atoms with E-state index >= 15 is 33.6 Å². The third kappa shape index (κ3) is 37.8. The molecule has 0 bridgehead atoms. The van der Waals surface area contributed by atoms with E-state index in [4.69, 9.17) is 11.5 Å². The number of rotatable bonds is 40. The monoisotopic (exact) mass is 1970 g/mol. The highest BCUT2D eigenvalue weighted by molar-refractivity contribution is 6.41. The van der Waals surface area contributed by atoms with Crippen LogP contribution < -0.4 is 91.2 Å². The Morgan fingerprint density at radius 1 is 0.525 bits per heavy atom. The molecule has 3 aromatic carbocycles. The van der Waals surface area contributed by atoms with Crippen LogP contribution >= 0.6 is 0 Å². The van der Waals surface area contributed by atoms with Gasteiger partial charge in [0.1, 0.15) is 71.5 Å². The third-order valence-corrected chi connectivity index (χ3v) is 25.1. The molecule has 141 heavy (non-hydrogen) atoms. The number of primary amides is 2. The molecule has 6 rings (SSSR count). The summed E-state index contributed by atoms with van der Waals surface area (Å²) >= 11 is 0. The molecule has 23 N–H and O–H groups in total. The number of nitrogens with two attached hydrogens (primary N) is 2. The van der Waals surface area contributed by atoms with Crippen LogP contribution in [0.4, 0.5) is 0 Å². The number of carboxylic acid groups (broad SMARTS) is 2. The van der Waals surface area contributed by atoms with Crippen molar-refractivity contribution in [1.82, 2.24) is 84.7 Å². The summed E-state index contributed by atoms with van der Waals surface area (Å²) in [7, 11) is 0. The molecule has 774 valence electrons. The first-order valence-corrected chi connectivity index (χ1v) is 48.0. The van der Waals surface area contributed by atoms with Crippen molar-refractivity contribution in [2.24, 2.45) is 35.1 Å². The van der Waals surface area contributed by atoms with Crippen LogP contribution in [0.25, 0.3) is 10.9 Å². The minimum absolute atomic E-state index is 0. The molecule has 0 spiro atoms. The average molecular weight is 1970 g/mol. The number of fused-ring (bicyclic) bond motifs is 1. The largest absolute Gasteiger partial charge is 0.481 e. The fraction of sp³-hybridized carbons (Fsp3) is 0.566. The topological polar surface area (TPSA) is 667 Å². The van der Waals surface area contributed by atoms with Crippen molar-refractivity contribution in [2.45, 2.75) is 327 Å². The second kappa shape index (κ2) is 55.9. The summed E-state index contributed by atoms with van der Waals surface area (Å²) < 4.78 is 0. The number of Topliss-reactive ketones (excluding diaryl/α,β-unsaturated/α-hetero) is 3. The molecule has 3 unspecified atom stereocenters. The van der Waals surface area contributed by atoms with Gasteiger partial charge in [-0.1, -0.05) is 132 Å². The Morgan fingerprint density at radius 3 is 1.67 bits per heavy atom. The quantitative estimate of drug-likeness (QED) is 0.0221. The number of ketones is 3. The van der Waals surface area contributed by atoms with Gasteiger partial charge in [0.25, 0.3) is 0 Å². The molecule has 4 aromatic rings. The number of carbonyl (C=O) groups is 21. The Balaban J connectivity index is 0.0000355. The summed E-state index contributed by atoms with van der Waals surface area (Å²) in [6.45, 7) is 18.0. The maximum absolute atomic E-state index is 15.6. The lowest BCUT2D eigenvalue weighted by Crippen LogP contribution is -2.65. The lowest BCUT2D eigenvalue weighted by molar-refractivity contribution is -0.140. The molecule has 1 saturated carbocycles. The van der Waals surface area contributed by atoms with Gasteiger partial charge in [-0.3, -0.25) is 95.9 Å². The van der Waals surface area contributed by atoms with Crippen molar-refractivity contribution in [1.29, 1.82) is 0 Å². The van der Waals surface area contributed by atoms with Gasteiger partial charge in [-0.05, 0) is 186 Å². The number of aliphatic carboxylic acids is 1. The smallest absolute Gasteiger partial charge is 0.335 e. The van der Waals surface area contributed by atoms with Gasteiger partial charge in [0.15, 0.2) is 5.78 Å². The van der Waals surface area contributed by atoms with E-state index in [1.807, 2.05) is 12.2 Å². The van der Waals surface area contributed by atoms with Crippen molar-refractivity contribution in [3.63, 3.8) is 0 Å². The minimum Gasteiger partial charge on any atom is -0.481 e. The highest BCUT2D eigenvalue weighted by atomic mass is 16.4. The highest BCUT2D eigenvalue weighted by Gasteiger charge is 2.45. The minimum atomic E-state index is -2.09. The van der Waals surface area contributed by atoms with Crippen molar-refractivity contribution >= 4 is 135 Å². The van der Waals surface area contributed by atoms with Crippen LogP contribution in [0.3, 0.4) is 0 Å². The predicted octanol–water partition coefficient (Wildman–Crippen LogP) is 1.47. The second-order valence-electron chi connectivity index (χ2n) is 37.9. The number of hydrogen-bond donors (Lipinski definition) is 21. The molecule has 16 amide bonds. The molecule has 2 heterocycles. The first kappa shape index (κ1) is 116. The van der Waals surface area contributed by atoms with Gasteiger partial charge in [0.05, 0.1) is 29.8 Å². The van der Waals surface area contributed by atoms with Crippen molar-refractivity contribution in [2.75, 3.05) is 6.54 Å². The molecule has 1 aromatic heterocycles. The van der Waals surface area contributed by atoms with Crippen LogP contribution in [0.15, 0.2) is 97.2 Å². The molecular formula is C99H144N18O24. The Labute approximate surface area is 821 Å². The Morgan fingerprint density at radius 2 is 1.09 bits per heavy atom. The normalized spacial score (nSPS) is 22.3. The number of aliphatic hydroxyl groups excluding tert-OH is 1. The van der Waals surface area contributed by atoms with Crippen LogP contribution in [-0.2, 0) is 115 Å². The molecule has 0 saturated heterocycles. The van der Waals surface area contributed by atoms with E-state index in [9.17, 15) is 82.4 Å². The Kier molecular flexibility index (Phi) is 46.0. The molecule has 42 heteroatoms. The molecule has 18 atom stereocenters. The molecule has 1 aliphatic carbocycles. The number of hydrogen-bond acceptors (Lipinski definition) is 23. The van der Waals surface area contributed by atoms with Crippen LogP contribution in [-0.4, -0.2) is 246 Å². The van der Waals surface area contributed by atoms with Gasteiger partial charge in [-0.25, -0.2) is 4.79 Å². The van der Waals surface area contributed by atoms with Gasteiger partial charge in [-0.2, -0.15) is 0 Å². The number of aromatic carboxylic acids is 1. The first-order chi connectivity index (χ1) is 66.4. The molecule has 2 aliphatic rings. The number of allylic oxidation sites excluding steroid dienone is 2. The van der Waals surface area contributed by atoms with E-state index in [1.54, 1.807) is 74.6 Å². The summed E-state index contributed by atoms with van der Waals surface area (Å²) in [6.07, 6.45) is 3.84. The number of aliphatic hydroxyl groups is 1. The van der Waals surface area contributed by atoms with E-state index < -0.39 is 270 Å². The SMILES string of the molecule is CC(=O)N[C@@H](CC(C)C)C(=O)N[C@H](C(=O)N[C@@H](Cc1ccccc1)C(=O)N[C@]1(C)CCCCCC/C=C/CCC[C@@](C)(C(=O)NC(C)C(=O)N[C@@H](C)C(=O)NC(C)C(=O)N[C@@H](C)C(=O)C(=O)[C@H](C)NC[C@H](C)C(N)=O)NC(=O)[C@@H](CC2CCC2)NC(=O)[C@H](CCC(N)=O)NC(=O)C(C)NC(=O)[C@H](Cc2c[nH]c3ccccc23)CC(=O)[C@H](Cc2ccc(C(=O)O)cc2)NC(=O)[C@H](CCC(=O)O)NC1=O)[C@@H](C)O.[HH]. The zero-order valence-corrected chi connectivity index (χ0v) is 82.5. The number of nitrogens with one attached hydrogen (secondary N) is 16. The maximum atomic E-state index is 15.6. The van der Waals surface area contributed by atoms with Gasteiger partial charge in [0.2, 0.25) is 106 Å². The van der Waals surface area contributed by atoms with E-state index in [1.165, 1.54) is 100 Å². The highest BCUT2D eigenvalue weighted by Crippen LogP contribution is 2.32. The van der Waals surface area contributed by atoms with Crippen LogP contribution in [0.5, 0.6) is 0 Å². The second-order valence-corrected chi connectivity index (χ2v) is 37.9. The fourth-order valence-corrected chi connectivity index (χ4v) is 16.0. The third-order valence-electron chi connectivity index (χ3n) is 25.1. The van der Waals surface area contributed by atoms with Crippen molar-refractivity contribution in [3.05, 3.63) is 119 Å². The summed E-state index contributed by atoms with van der Waals surface area (Å²) in [5.74, 6) is -22.5. The molecule has 1 fully saturated rings. The lowest BCUT2D eigenvalue weighted by Gasteiger charge is -2.35. The molecule has 1 aliphatic heterocycles. The maximum Gasteiger partial charge on any atom is 0.335 e. The number of carboxylic acids is 2. The number of para-hydroxylation sites is 1. The van der Waals surface area contributed by atoms with Gasteiger partial charge in [0, 0.05) is 69.5 Å². The van der Waals surface area contributed by atoms with Crippen LogP contribution in [0, 0.1) is 23.7 Å². The number of amides is 16. The lowest BCUT2D eigenvalue weighted by atomic mass is 9.80. The summed E-state index contributed by atoms with van der Waals surface area (Å²) in [5.41, 5.74) is 8.62. The van der Waals surface area contributed by atoms with Gasteiger partial charge in [-0.15, -0.1) is 0 Å². The van der Waals surface area contributed by atoms with Crippen LogP contribution in [0.1, 0.15) is 240 Å². The van der Waals surface area contributed by atoms with E-state index in [0.717, 1.165) is 6.42 Å². The average Bonchev–Trinajstić information content (AvgIpc) is 0.993. The van der Waals surface area contributed by atoms with Gasteiger partial charge < -0.3 is 112 Å². The summed E-state index contributed by atoms with van der Waals surface area (Å²) in [5, 5.41) is 71.2. The Hall–Kier alpha value is -13.7. The predicted molar refractivity (Wildman–Crippen MR) is 520 cm³/mol. The number of aromatic nitrogens is 1. The van der Waals surface area contributed by atoms with E-state index in [0.29, 0.717) is 60.6 Å². The van der Waals surface area contributed by atoms with Crippen LogP contribution in [0.2, 0.25) is 0 Å². The molecular weight excluding hydrogens is 1830 g/mol. The van der Waals surface area contributed by atoms with Gasteiger partial charge >= 0.3 is 11.9 Å². The molecule has 42 nitrogen and oxygen atoms in total. The van der Waals surface area contributed by atoms with E-state index in [-0.39, 0.29) is 88.7 Å². The standard InChI is InChI=1S/C99H142N18O24.H2/c1-53(2)45-74(109-62(11)119)91(134)115-80(61(10)118)94(137)113-76(47-63-29-22-21-23-30-63)93(136)117-99(13)44-27-20-18-16-14-15-17-19-26-43-98(12,96(140)108-60(9)86(129)106-58(7)85(128)105-57(6)84(127)104-56(5)82(125)81(124)55(4)102-51-54(3)83(101)126)116-92(135)75(48-64-31-28-32-64)112-89(132)71(39-41-78(100)121)110-87(130)59(8)107-88(131)67(49-68-52-103-70-34-25-24-33-69(68)70)50-77(120)73(46-65-35-37-66(38-36-65)95(138)139)111-90(133)72(114-97(99)141)40-42-79(122)123;/h15,17,21-25,29-30,33-38,52-61,64,67,71-76,80,102-103,118H,14,16,18-20,26-28,31-32,39-51H2,1-13H3,(H2,100,121)(H2,101,126)(H,104,127)(H,105,128)(H,106,129)(H,107,131)(H,108,140)(H,109,119)(H,110,130)(H,111,133)(H,112,132)(H,113,137)(H,114,141)(H,115,134)(H,116,135)(H,117,136)(H,122,123)(H,138,139);1H/b17-15+;/t54-,55-,56-,57?,58-,59?,60?,61+,67+,71-,72-,73-,74-,75+,76-,80-,98-,99+;/m0./s1. The number of carbonyl (C=O) groups excluding carboxylic acids is 19. The first-order valence-electron chi connectivity index (χ1n) is 48.0. The zero-order valence-electron chi connectivity index (χ0n) is 82.5. The zero-order chi connectivity index (χ0) is 105. The van der Waals surface area contributed by atoms with Crippen molar-refractivity contribution in [3.8, 4) is 0 Å². The number of benzene rings is 3. The van der Waals surface area contributed by atoms with E-state index in [2.05, 4.69) is 84.7 Å².